The van der Waals surface area contributed by atoms with E-state index in [9.17, 15) is 18.3 Å². The van der Waals surface area contributed by atoms with Gasteiger partial charge < -0.3 is 5.11 Å². The van der Waals surface area contributed by atoms with Crippen LogP contribution in [0.1, 0.15) is 38.0 Å². The lowest BCUT2D eigenvalue weighted by Gasteiger charge is -2.14. The van der Waals surface area contributed by atoms with E-state index in [1.54, 1.807) is 6.08 Å². The second kappa shape index (κ2) is 5.14. The lowest BCUT2D eigenvalue weighted by Crippen LogP contribution is -2.05. The molecule has 1 nitrogen and oxygen atoms in total. The van der Waals surface area contributed by atoms with Crippen LogP contribution in [-0.4, -0.2) is 5.11 Å². The summed E-state index contributed by atoms with van der Waals surface area (Å²) in [6, 6.07) is 4.54. The third kappa shape index (κ3) is 4.53. The molecule has 18 heavy (non-hydrogen) atoms. The van der Waals surface area contributed by atoms with Crippen LogP contribution in [-0.2, 0) is 6.18 Å². The number of halogens is 3. The predicted molar refractivity (Wildman–Crippen MR) is 65.0 cm³/mol. The van der Waals surface area contributed by atoms with Crippen molar-refractivity contribution in [3.63, 3.8) is 0 Å². The lowest BCUT2D eigenvalue weighted by atomic mass is 9.94. The summed E-state index contributed by atoms with van der Waals surface area (Å²) >= 11 is 0. The van der Waals surface area contributed by atoms with Crippen molar-refractivity contribution in [3.05, 3.63) is 47.5 Å². The minimum atomic E-state index is -4.34. The van der Waals surface area contributed by atoms with Crippen molar-refractivity contribution >= 4 is 0 Å². The summed E-state index contributed by atoms with van der Waals surface area (Å²) in [7, 11) is 0. The van der Waals surface area contributed by atoms with E-state index in [2.05, 4.69) is 0 Å². The maximum atomic E-state index is 12.3. The molecule has 0 aliphatic carbocycles. The molecule has 0 saturated heterocycles. The molecule has 1 N–H and O–H groups in total. The topological polar surface area (TPSA) is 20.2 Å². The fourth-order valence-electron chi connectivity index (χ4n) is 1.36. The number of allylic oxidation sites excluding steroid dienone is 1. The first-order chi connectivity index (χ1) is 8.09. The van der Waals surface area contributed by atoms with Crippen molar-refractivity contribution in [2.75, 3.05) is 0 Å². The number of aliphatic hydroxyl groups is 1. The van der Waals surface area contributed by atoms with Gasteiger partial charge in [-0.1, -0.05) is 45.1 Å². The molecule has 0 spiro atoms. The van der Waals surface area contributed by atoms with Crippen LogP contribution < -0.4 is 0 Å². The number of alkyl halides is 3. The summed E-state index contributed by atoms with van der Waals surface area (Å²) in [5.41, 5.74) is -0.339. The first kappa shape index (κ1) is 14.8. The zero-order valence-corrected chi connectivity index (χ0v) is 10.6. The average Bonchev–Trinajstić information content (AvgIpc) is 2.24. The molecule has 4 heteroatoms. The van der Waals surface area contributed by atoms with Crippen molar-refractivity contribution in [2.24, 2.45) is 5.41 Å². The molecule has 1 aromatic carbocycles. The third-order valence-electron chi connectivity index (χ3n) is 2.36. The Morgan fingerprint density at radius 1 is 1.06 bits per heavy atom. The fraction of sp³-hybridized carbons (Fsp3) is 0.429. The number of hydrogen-bond acceptors (Lipinski definition) is 1. The quantitative estimate of drug-likeness (QED) is 0.782. The molecule has 0 heterocycles. The Bertz CT molecular complexity index is 410. The van der Waals surface area contributed by atoms with Crippen LogP contribution in [0.4, 0.5) is 13.2 Å². The standard InChI is InChI=1S/C14H17F3O/c1-13(2,3)9-8-12(18)10-4-6-11(7-5-10)14(15,16)17/h4-9,12,18H,1-3H3/t12-/m0/s1. The Balaban J connectivity index is 2.83. The molecular formula is C14H17F3O. The maximum Gasteiger partial charge on any atom is 0.416 e. The number of hydrogen-bond donors (Lipinski definition) is 1. The molecule has 0 bridgehead atoms. The smallest absolute Gasteiger partial charge is 0.384 e. The highest BCUT2D eigenvalue weighted by Gasteiger charge is 2.30. The molecule has 1 aromatic rings. The van der Waals surface area contributed by atoms with E-state index < -0.39 is 17.8 Å². The first-order valence-corrected chi connectivity index (χ1v) is 5.64. The van der Waals surface area contributed by atoms with Crippen LogP contribution in [0.3, 0.4) is 0 Å². The van der Waals surface area contributed by atoms with E-state index in [1.165, 1.54) is 12.1 Å². The van der Waals surface area contributed by atoms with Crippen LogP contribution >= 0.6 is 0 Å². The minimum Gasteiger partial charge on any atom is -0.384 e. The predicted octanol–water partition coefficient (Wildman–Crippen LogP) is 4.34. The Morgan fingerprint density at radius 3 is 1.94 bits per heavy atom. The number of benzene rings is 1. The molecule has 0 radical (unpaired) electrons. The van der Waals surface area contributed by atoms with Crippen LogP contribution in [0.2, 0.25) is 0 Å². The van der Waals surface area contributed by atoms with E-state index in [0.29, 0.717) is 5.56 Å². The van der Waals surface area contributed by atoms with E-state index in [-0.39, 0.29) is 5.41 Å². The summed E-state index contributed by atoms with van der Waals surface area (Å²) in [5, 5.41) is 9.81. The first-order valence-electron chi connectivity index (χ1n) is 5.64. The lowest BCUT2D eigenvalue weighted by molar-refractivity contribution is -0.137. The normalized spacial score (nSPS) is 15.1. The van der Waals surface area contributed by atoms with Gasteiger partial charge in [-0.15, -0.1) is 0 Å². The molecule has 0 aliphatic rings. The largest absolute Gasteiger partial charge is 0.416 e. The van der Waals surface area contributed by atoms with Gasteiger partial charge in [-0.2, -0.15) is 13.2 Å². The maximum absolute atomic E-state index is 12.3. The molecule has 0 amide bonds. The van der Waals surface area contributed by atoms with E-state index >= 15 is 0 Å². The third-order valence-corrected chi connectivity index (χ3v) is 2.36. The van der Waals surface area contributed by atoms with E-state index in [4.69, 9.17) is 0 Å². The number of rotatable bonds is 2. The van der Waals surface area contributed by atoms with Gasteiger partial charge in [0.2, 0.25) is 0 Å². The van der Waals surface area contributed by atoms with Crippen LogP contribution in [0, 0.1) is 5.41 Å². The minimum absolute atomic E-state index is 0.0765. The molecule has 1 atom stereocenters. The Morgan fingerprint density at radius 2 is 1.56 bits per heavy atom. The molecule has 1 rings (SSSR count). The van der Waals surface area contributed by atoms with Gasteiger partial charge in [0.15, 0.2) is 0 Å². The van der Waals surface area contributed by atoms with Gasteiger partial charge in [0.1, 0.15) is 0 Å². The van der Waals surface area contributed by atoms with Crippen molar-refractivity contribution < 1.29 is 18.3 Å². The number of aliphatic hydroxyl groups excluding tert-OH is 1. The highest BCUT2D eigenvalue weighted by molar-refractivity contribution is 5.28. The zero-order chi connectivity index (χ0) is 14.0. The van der Waals surface area contributed by atoms with Gasteiger partial charge in [0.05, 0.1) is 11.7 Å². The molecular weight excluding hydrogens is 241 g/mol. The Kier molecular flexibility index (Phi) is 4.22. The molecule has 0 fully saturated rings. The molecule has 0 saturated carbocycles. The van der Waals surface area contributed by atoms with Crippen molar-refractivity contribution in [3.8, 4) is 0 Å². The zero-order valence-electron chi connectivity index (χ0n) is 10.6. The summed E-state index contributed by atoms with van der Waals surface area (Å²) in [4.78, 5) is 0. The fourth-order valence-corrected chi connectivity index (χ4v) is 1.36. The highest BCUT2D eigenvalue weighted by atomic mass is 19.4. The summed E-state index contributed by atoms with van der Waals surface area (Å²) in [6.45, 7) is 5.93. The van der Waals surface area contributed by atoms with E-state index in [1.807, 2.05) is 26.8 Å². The summed E-state index contributed by atoms with van der Waals surface area (Å²) in [5.74, 6) is 0. The average molecular weight is 258 g/mol. The molecule has 0 aromatic heterocycles. The van der Waals surface area contributed by atoms with Gasteiger partial charge >= 0.3 is 6.18 Å². The van der Waals surface area contributed by atoms with E-state index in [0.717, 1.165) is 12.1 Å². The van der Waals surface area contributed by atoms with Gasteiger partial charge in [-0.05, 0) is 23.1 Å². The van der Waals surface area contributed by atoms with Crippen molar-refractivity contribution in [2.45, 2.75) is 33.1 Å². The molecule has 0 aliphatic heterocycles. The Hall–Kier alpha value is -1.29. The molecule has 0 unspecified atom stereocenters. The van der Waals surface area contributed by atoms with Gasteiger partial charge in [-0.3, -0.25) is 0 Å². The van der Waals surface area contributed by atoms with Crippen molar-refractivity contribution in [1.82, 2.24) is 0 Å². The highest BCUT2D eigenvalue weighted by Crippen LogP contribution is 2.30. The SMILES string of the molecule is CC(C)(C)C=C[C@H](O)c1ccc(C(F)(F)F)cc1. The second-order valence-corrected chi connectivity index (χ2v) is 5.29. The van der Waals surface area contributed by atoms with Crippen molar-refractivity contribution in [1.29, 1.82) is 0 Å². The van der Waals surface area contributed by atoms with Crippen LogP contribution in [0.5, 0.6) is 0 Å². The summed E-state index contributed by atoms with van der Waals surface area (Å²) < 4.78 is 37.0. The monoisotopic (exact) mass is 258 g/mol. The summed E-state index contributed by atoms with van der Waals surface area (Å²) in [6.07, 6.45) is -1.81. The second-order valence-electron chi connectivity index (χ2n) is 5.29. The van der Waals surface area contributed by atoms with Gasteiger partial charge in [-0.25, -0.2) is 0 Å². The Labute approximate surface area is 105 Å². The van der Waals surface area contributed by atoms with Crippen LogP contribution in [0.25, 0.3) is 0 Å². The van der Waals surface area contributed by atoms with Gasteiger partial charge in [0.25, 0.3) is 0 Å². The molecule has 100 valence electrons. The van der Waals surface area contributed by atoms with Gasteiger partial charge in [0, 0.05) is 0 Å². The van der Waals surface area contributed by atoms with Crippen LogP contribution in [0.15, 0.2) is 36.4 Å².